The van der Waals surface area contributed by atoms with Crippen LogP contribution in [0.25, 0.3) is 0 Å². The van der Waals surface area contributed by atoms with Gasteiger partial charge in [-0.25, -0.2) is 4.79 Å². The number of carbonyl (C=O) groups is 2. The molecule has 5 aliphatic rings. The Labute approximate surface area is 195 Å². The molecule has 1 heterocycles. The van der Waals surface area contributed by atoms with Gasteiger partial charge in [0.1, 0.15) is 0 Å². The van der Waals surface area contributed by atoms with Gasteiger partial charge in [-0.05, 0) is 38.0 Å². The van der Waals surface area contributed by atoms with Crippen LogP contribution in [0.2, 0.25) is 0 Å². The lowest BCUT2D eigenvalue weighted by atomic mass is 9.47. The first kappa shape index (κ1) is 26.4. The minimum absolute atomic E-state index is 0.0873. The summed E-state index contributed by atoms with van der Waals surface area (Å²) in [5.74, 6) is -15.9. The molecule has 35 heavy (non-hydrogen) atoms. The van der Waals surface area contributed by atoms with Crippen LogP contribution in [0.15, 0.2) is 0 Å². The third-order valence-electron chi connectivity index (χ3n) is 7.36. The molecule has 5 fully saturated rings. The zero-order chi connectivity index (χ0) is 26.1. The SMILES string of the molecule is O=C(OCC(F)(F)C(F)(F)COC(=O)C(F)(F)S(=O)(=O)O)C12CC3CC(C1)C1(OCCO1)C(C3)C2. The molecule has 9 nitrogen and oxygen atoms in total. The Morgan fingerprint density at radius 2 is 1.37 bits per heavy atom. The number of alkyl halides is 6. The van der Waals surface area contributed by atoms with Gasteiger partial charge in [0, 0.05) is 11.8 Å². The van der Waals surface area contributed by atoms with Crippen molar-refractivity contribution in [2.75, 3.05) is 26.4 Å². The normalized spacial score (nSPS) is 32.1. The molecule has 200 valence electrons. The van der Waals surface area contributed by atoms with Crippen molar-refractivity contribution in [1.29, 1.82) is 0 Å². The van der Waals surface area contributed by atoms with E-state index in [9.17, 15) is 44.3 Å². The average molecular weight is 540 g/mol. The molecule has 0 aromatic heterocycles. The Kier molecular flexibility index (Phi) is 6.17. The van der Waals surface area contributed by atoms with Crippen LogP contribution >= 0.6 is 0 Å². The molecule has 0 amide bonds. The van der Waals surface area contributed by atoms with Crippen molar-refractivity contribution in [3.8, 4) is 0 Å². The van der Waals surface area contributed by atoms with Crippen LogP contribution in [0.4, 0.5) is 26.3 Å². The maximum atomic E-state index is 14.1. The van der Waals surface area contributed by atoms with Gasteiger partial charge >= 0.3 is 39.2 Å². The number of halogens is 6. The fourth-order valence-electron chi connectivity index (χ4n) is 5.96. The predicted octanol–water partition coefficient (Wildman–Crippen LogP) is 2.39. The molecule has 0 aromatic carbocycles. The third kappa shape index (κ3) is 4.19. The van der Waals surface area contributed by atoms with Crippen LogP contribution in [-0.4, -0.2) is 74.2 Å². The monoisotopic (exact) mass is 540 g/mol. The summed E-state index contributed by atoms with van der Waals surface area (Å²) in [5.41, 5.74) is -1.17. The molecule has 1 N–H and O–H groups in total. The average Bonchev–Trinajstić information content (AvgIpc) is 3.23. The lowest BCUT2D eigenvalue weighted by Crippen LogP contribution is -2.63. The number of esters is 2. The van der Waals surface area contributed by atoms with E-state index >= 15 is 0 Å². The van der Waals surface area contributed by atoms with Crippen LogP contribution < -0.4 is 0 Å². The second kappa shape index (κ2) is 8.18. The lowest BCUT2D eigenvalue weighted by molar-refractivity contribution is -0.303. The van der Waals surface area contributed by atoms with Crippen molar-refractivity contribution >= 4 is 22.1 Å². The van der Waals surface area contributed by atoms with Gasteiger partial charge in [0.25, 0.3) is 0 Å². The summed E-state index contributed by atoms with van der Waals surface area (Å²) >= 11 is 0. The molecule has 0 aromatic rings. The molecule has 0 radical (unpaired) electrons. The topological polar surface area (TPSA) is 125 Å². The van der Waals surface area contributed by atoms with Crippen molar-refractivity contribution in [1.82, 2.24) is 0 Å². The number of hydrogen-bond acceptors (Lipinski definition) is 8. The van der Waals surface area contributed by atoms with Crippen molar-refractivity contribution in [3.05, 3.63) is 0 Å². The molecular weight excluding hydrogens is 518 g/mol. The minimum atomic E-state index is -6.38. The Morgan fingerprint density at radius 3 is 1.86 bits per heavy atom. The molecule has 2 atom stereocenters. The highest BCUT2D eigenvalue weighted by Crippen LogP contribution is 2.66. The Hall–Kier alpha value is -1.65. The van der Waals surface area contributed by atoms with Gasteiger partial charge in [0.2, 0.25) is 0 Å². The predicted molar refractivity (Wildman–Crippen MR) is 98.9 cm³/mol. The smallest absolute Gasteiger partial charge is 0.459 e. The quantitative estimate of drug-likeness (QED) is 0.281. The molecule has 4 aliphatic carbocycles. The second-order valence-corrected chi connectivity index (χ2v) is 11.1. The van der Waals surface area contributed by atoms with E-state index in [0.29, 0.717) is 32.5 Å². The Morgan fingerprint density at radius 1 is 0.886 bits per heavy atom. The van der Waals surface area contributed by atoms with Gasteiger partial charge in [-0.1, -0.05) is 0 Å². The molecule has 4 saturated carbocycles. The van der Waals surface area contributed by atoms with E-state index < -0.39 is 63.6 Å². The van der Waals surface area contributed by atoms with E-state index in [4.69, 9.17) is 14.0 Å². The van der Waals surface area contributed by atoms with Gasteiger partial charge in [0.05, 0.1) is 18.6 Å². The van der Waals surface area contributed by atoms with Gasteiger partial charge in [-0.15, -0.1) is 0 Å². The minimum Gasteiger partial charge on any atom is -0.459 e. The largest absolute Gasteiger partial charge is 0.465 e. The number of carbonyl (C=O) groups excluding carboxylic acids is 2. The summed E-state index contributed by atoms with van der Waals surface area (Å²) in [4.78, 5) is 23.8. The molecule has 2 unspecified atom stereocenters. The van der Waals surface area contributed by atoms with E-state index in [1.165, 1.54) is 0 Å². The first-order chi connectivity index (χ1) is 16.0. The second-order valence-electron chi connectivity index (χ2n) is 9.60. The van der Waals surface area contributed by atoms with Crippen LogP contribution in [0.5, 0.6) is 0 Å². The first-order valence-electron chi connectivity index (χ1n) is 10.7. The fourth-order valence-corrected chi connectivity index (χ4v) is 6.23. The number of rotatable bonds is 8. The highest BCUT2D eigenvalue weighted by Gasteiger charge is 2.68. The fraction of sp³-hybridized carbons (Fsp3) is 0.895. The molecular formula is C19H22F6O9S. The molecule has 1 spiro atoms. The van der Waals surface area contributed by atoms with Crippen molar-refractivity contribution in [3.63, 3.8) is 0 Å². The van der Waals surface area contributed by atoms with E-state index in [1.807, 2.05) is 0 Å². The standard InChI is InChI=1S/C19H22F6O9S/c20-16(21,17(22,23)9-32-14(27)19(24,25)35(28,29)30)8-31-13(26)15-5-10-3-11(6-15)18(12(4-10)7-15)33-1-2-34-18/h10-12H,1-9H2,(H,28,29,30). The first-order valence-corrected chi connectivity index (χ1v) is 12.1. The molecule has 4 bridgehead atoms. The maximum absolute atomic E-state index is 14.1. The summed E-state index contributed by atoms with van der Waals surface area (Å²) in [6.45, 7) is -4.02. The van der Waals surface area contributed by atoms with Crippen LogP contribution in [0.3, 0.4) is 0 Å². The van der Waals surface area contributed by atoms with E-state index in [-0.39, 0.29) is 30.6 Å². The highest BCUT2D eigenvalue weighted by atomic mass is 32.2. The summed E-state index contributed by atoms with van der Waals surface area (Å²) < 4.78 is 131. The maximum Gasteiger partial charge on any atom is 0.465 e. The zero-order valence-electron chi connectivity index (χ0n) is 18.0. The van der Waals surface area contributed by atoms with Crippen LogP contribution in [0.1, 0.15) is 32.1 Å². The van der Waals surface area contributed by atoms with Crippen LogP contribution in [-0.2, 0) is 38.7 Å². The lowest BCUT2D eigenvalue weighted by Gasteiger charge is -2.61. The van der Waals surface area contributed by atoms with Crippen molar-refractivity contribution in [2.24, 2.45) is 23.2 Å². The van der Waals surface area contributed by atoms with Gasteiger partial charge in [0.15, 0.2) is 19.0 Å². The molecule has 1 aliphatic heterocycles. The van der Waals surface area contributed by atoms with E-state index in [2.05, 4.69) is 9.47 Å². The Bertz CT molecular complexity index is 977. The summed E-state index contributed by atoms with van der Waals surface area (Å²) in [6.07, 6.45) is 2.17. The zero-order valence-corrected chi connectivity index (χ0v) is 18.8. The summed E-state index contributed by atoms with van der Waals surface area (Å²) in [6, 6.07) is 0. The molecule has 5 rings (SSSR count). The van der Waals surface area contributed by atoms with Gasteiger partial charge < -0.3 is 18.9 Å². The third-order valence-corrected chi connectivity index (χ3v) is 8.18. The van der Waals surface area contributed by atoms with Crippen molar-refractivity contribution < 1.29 is 67.8 Å². The highest BCUT2D eigenvalue weighted by molar-refractivity contribution is 7.87. The number of ether oxygens (including phenoxy) is 4. The van der Waals surface area contributed by atoms with Crippen LogP contribution in [0, 0.1) is 23.2 Å². The molecule has 16 heteroatoms. The molecule has 1 saturated heterocycles. The van der Waals surface area contributed by atoms with Gasteiger partial charge in [-0.2, -0.15) is 34.8 Å². The summed E-state index contributed by atoms with van der Waals surface area (Å²) in [7, 11) is -6.38. The Balaban J connectivity index is 1.38. The van der Waals surface area contributed by atoms with E-state index in [1.54, 1.807) is 0 Å². The number of hydrogen-bond donors (Lipinski definition) is 1. The van der Waals surface area contributed by atoms with Crippen molar-refractivity contribution in [2.45, 2.75) is 55.0 Å². The summed E-state index contributed by atoms with van der Waals surface area (Å²) in [5, 5.41) is -5.65. The van der Waals surface area contributed by atoms with E-state index in [0.717, 1.165) is 0 Å². The van der Waals surface area contributed by atoms with Gasteiger partial charge in [-0.3, -0.25) is 9.35 Å².